The molecule has 6 heteroatoms. The van der Waals surface area contributed by atoms with Crippen molar-refractivity contribution in [3.8, 4) is 0 Å². The second kappa shape index (κ2) is 10.2. The van der Waals surface area contributed by atoms with Crippen LogP contribution in [0.25, 0.3) is 0 Å². The molecule has 1 fully saturated rings. The molecule has 1 aromatic carbocycles. The van der Waals surface area contributed by atoms with Gasteiger partial charge in [0.25, 0.3) is 0 Å². The van der Waals surface area contributed by atoms with E-state index < -0.39 is 0 Å². The highest BCUT2D eigenvalue weighted by Gasteiger charge is 2.15. The minimum atomic E-state index is -0.0718. The Kier molecular flexibility index (Phi) is 8.66. The summed E-state index contributed by atoms with van der Waals surface area (Å²) in [5.41, 5.74) is 1.94. The molecule has 5 nitrogen and oxygen atoms in total. The van der Waals surface area contributed by atoms with E-state index in [1.807, 2.05) is 24.3 Å². The van der Waals surface area contributed by atoms with Crippen LogP contribution in [0, 0.1) is 5.92 Å². The summed E-state index contributed by atoms with van der Waals surface area (Å²) in [6.45, 7) is 4.28. The summed E-state index contributed by atoms with van der Waals surface area (Å²) in [6.07, 6.45) is 3.59. The van der Waals surface area contributed by atoms with Crippen molar-refractivity contribution in [3.05, 3.63) is 29.8 Å². The highest BCUT2D eigenvalue weighted by Crippen LogP contribution is 2.14. The standard InChI is InChI=1S/C17H25N3O2.ClH/c1-13(21)20-16-5-2-14(3-6-16)9-11-19-17(22)7-4-15-8-10-18-12-15;/h2-3,5-6,15,18H,4,7-12H2,1H3,(H,19,22)(H,20,21);1H. The number of amides is 2. The predicted octanol–water partition coefficient (Wildman–Crippen LogP) is 2.12. The molecule has 1 aliphatic rings. The van der Waals surface area contributed by atoms with Crippen molar-refractivity contribution in [1.29, 1.82) is 0 Å². The minimum absolute atomic E-state index is 0. The summed E-state index contributed by atoms with van der Waals surface area (Å²) in [7, 11) is 0. The lowest BCUT2D eigenvalue weighted by Crippen LogP contribution is -2.26. The van der Waals surface area contributed by atoms with Crippen LogP contribution in [-0.2, 0) is 16.0 Å². The van der Waals surface area contributed by atoms with Gasteiger partial charge >= 0.3 is 0 Å². The van der Waals surface area contributed by atoms with Gasteiger partial charge in [-0.05, 0) is 56.0 Å². The monoisotopic (exact) mass is 339 g/mol. The number of hydrogen-bond donors (Lipinski definition) is 3. The third-order valence-electron chi connectivity index (χ3n) is 3.95. The summed E-state index contributed by atoms with van der Waals surface area (Å²) in [5.74, 6) is 0.728. The van der Waals surface area contributed by atoms with Gasteiger partial charge in [-0.2, -0.15) is 0 Å². The first kappa shape index (κ1) is 19.5. The third-order valence-corrected chi connectivity index (χ3v) is 3.95. The molecule has 1 unspecified atom stereocenters. The summed E-state index contributed by atoms with van der Waals surface area (Å²) in [6, 6.07) is 7.71. The molecule has 0 aromatic heterocycles. The van der Waals surface area contributed by atoms with E-state index in [0.29, 0.717) is 18.9 Å². The van der Waals surface area contributed by atoms with E-state index in [0.717, 1.165) is 37.2 Å². The molecule has 1 atom stereocenters. The van der Waals surface area contributed by atoms with Gasteiger partial charge < -0.3 is 16.0 Å². The number of halogens is 1. The van der Waals surface area contributed by atoms with E-state index >= 15 is 0 Å². The van der Waals surface area contributed by atoms with Crippen LogP contribution in [0.15, 0.2) is 24.3 Å². The smallest absolute Gasteiger partial charge is 0.221 e. The van der Waals surface area contributed by atoms with Crippen LogP contribution in [0.4, 0.5) is 5.69 Å². The Morgan fingerprint density at radius 2 is 2.00 bits per heavy atom. The first-order valence-electron chi connectivity index (χ1n) is 7.97. The molecule has 3 N–H and O–H groups in total. The highest BCUT2D eigenvalue weighted by molar-refractivity contribution is 5.88. The molecular formula is C17H26ClN3O2. The van der Waals surface area contributed by atoms with Crippen LogP contribution in [0.1, 0.15) is 31.7 Å². The number of anilines is 1. The molecule has 1 aromatic rings. The Morgan fingerprint density at radius 3 is 2.61 bits per heavy atom. The van der Waals surface area contributed by atoms with Crippen LogP contribution in [0.5, 0.6) is 0 Å². The van der Waals surface area contributed by atoms with Crippen molar-refractivity contribution in [2.45, 2.75) is 32.6 Å². The molecule has 0 spiro atoms. The number of hydrogen-bond acceptors (Lipinski definition) is 3. The SMILES string of the molecule is CC(=O)Nc1ccc(CCNC(=O)CCC2CCNC2)cc1.Cl. The van der Waals surface area contributed by atoms with Crippen molar-refractivity contribution >= 4 is 29.9 Å². The molecule has 0 saturated carbocycles. The van der Waals surface area contributed by atoms with E-state index in [9.17, 15) is 9.59 Å². The molecule has 0 radical (unpaired) electrons. The zero-order chi connectivity index (χ0) is 15.8. The Morgan fingerprint density at radius 1 is 1.26 bits per heavy atom. The van der Waals surface area contributed by atoms with E-state index in [2.05, 4.69) is 16.0 Å². The van der Waals surface area contributed by atoms with E-state index in [4.69, 9.17) is 0 Å². The van der Waals surface area contributed by atoms with Crippen LogP contribution >= 0.6 is 12.4 Å². The maximum atomic E-state index is 11.8. The van der Waals surface area contributed by atoms with Gasteiger partial charge in [0.2, 0.25) is 11.8 Å². The highest BCUT2D eigenvalue weighted by atomic mass is 35.5. The summed E-state index contributed by atoms with van der Waals surface area (Å²) in [5, 5.41) is 9.03. The average Bonchev–Trinajstić information content (AvgIpc) is 3.00. The fourth-order valence-electron chi connectivity index (χ4n) is 2.69. The Balaban J connectivity index is 0.00000264. The molecule has 1 saturated heterocycles. The van der Waals surface area contributed by atoms with Gasteiger partial charge in [0.15, 0.2) is 0 Å². The van der Waals surface area contributed by atoms with Gasteiger partial charge in [-0.15, -0.1) is 12.4 Å². The fourth-order valence-corrected chi connectivity index (χ4v) is 2.69. The van der Waals surface area contributed by atoms with Gasteiger partial charge in [-0.3, -0.25) is 9.59 Å². The lowest BCUT2D eigenvalue weighted by molar-refractivity contribution is -0.121. The van der Waals surface area contributed by atoms with Crippen LogP contribution < -0.4 is 16.0 Å². The summed E-state index contributed by atoms with van der Waals surface area (Å²) in [4.78, 5) is 22.7. The van der Waals surface area contributed by atoms with Crippen LogP contribution in [0.2, 0.25) is 0 Å². The fraction of sp³-hybridized carbons (Fsp3) is 0.529. The maximum Gasteiger partial charge on any atom is 0.221 e. The van der Waals surface area contributed by atoms with E-state index in [1.54, 1.807) is 0 Å². The maximum absolute atomic E-state index is 11.8. The van der Waals surface area contributed by atoms with Crippen molar-refractivity contribution in [3.63, 3.8) is 0 Å². The first-order chi connectivity index (χ1) is 10.6. The predicted molar refractivity (Wildman–Crippen MR) is 94.9 cm³/mol. The number of carbonyl (C=O) groups is 2. The van der Waals surface area contributed by atoms with Crippen molar-refractivity contribution in [2.75, 3.05) is 25.0 Å². The second-order valence-corrected chi connectivity index (χ2v) is 5.88. The lowest BCUT2D eigenvalue weighted by atomic mass is 10.0. The average molecular weight is 340 g/mol. The molecule has 1 heterocycles. The number of benzene rings is 1. The zero-order valence-electron chi connectivity index (χ0n) is 13.6. The first-order valence-corrected chi connectivity index (χ1v) is 7.97. The molecule has 0 aliphatic carbocycles. The van der Waals surface area contributed by atoms with Crippen LogP contribution in [-0.4, -0.2) is 31.4 Å². The topological polar surface area (TPSA) is 70.2 Å². The van der Waals surface area contributed by atoms with Crippen molar-refractivity contribution in [1.82, 2.24) is 10.6 Å². The van der Waals surface area contributed by atoms with Gasteiger partial charge in [0.05, 0.1) is 0 Å². The number of nitrogens with one attached hydrogen (secondary N) is 3. The molecular weight excluding hydrogens is 314 g/mol. The third kappa shape index (κ3) is 7.48. The van der Waals surface area contributed by atoms with Crippen molar-refractivity contribution in [2.24, 2.45) is 5.92 Å². The van der Waals surface area contributed by atoms with E-state index in [1.165, 1.54) is 13.3 Å². The molecule has 23 heavy (non-hydrogen) atoms. The van der Waals surface area contributed by atoms with Gasteiger partial charge in [-0.1, -0.05) is 12.1 Å². The quantitative estimate of drug-likeness (QED) is 0.712. The number of carbonyl (C=O) groups excluding carboxylic acids is 2. The Bertz CT molecular complexity index is 499. The molecule has 2 amide bonds. The van der Waals surface area contributed by atoms with Crippen molar-refractivity contribution < 1.29 is 9.59 Å². The Labute approximate surface area is 144 Å². The normalized spacial score (nSPS) is 16.5. The molecule has 1 aliphatic heterocycles. The second-order valence-electron chi connectivity index (χ2n) is 5.88. The van der Waals surface area contributed by atoms with Gasteiger partial charge in [0.1, 0.15) is 0 Å². The summed E-state index contributed by atoms with van der Waals surface area (Å²) < 4.78 is 0. The van der Waals surface area contributed by atoms with Crippen LogP contribution in [0.3, 0.4) is 0 Å². The number of rotatable bonds is 7. The van der Waals surface area contributed by atoms with Gasteiger partial charge in [0, 0.05) is 25.6 Å². The molecule has 128 valence electrons. The molecule has 0 bridgehead atoms. The lowest BCUT2D eigenvalue weighted by Gasteiger charge is -2.09. The van der Waals surface area contributed by atoms with E-state index in [-0.39, 0.29) is 24.2 Å². The van der Waals surface area contributed by atoms with Gasteiger partial charge in [-0.25, -0.2) is 0 Å². The largest absolute Gasteiger partial charge is 0.356 e. The Hall–Kier alpha value is -1.59. The minimum Gasteiger partial charge on any atom is -0.356 e. The zero-order valence-corrected chi connectivity index (χ0v) is 14.4. The molecule has 2 rings (SSSR count). The summed E-state index contributed by atoms with van der Waals surface area (Å²) >= 11 is 0.